The Morgan fingerprint density at radius 1 is 0.926 bits per heavy atom. The number of carbonyl (C=O) groups is 7. The van der Waals surface area contributed by atoms with E-state index in [2.05, 4.69) is 29.1 Å². The highest BCUT2D eigenvalue weighted by molar-refractivity contribution is 6.31. The molecule has 3 aliphatic rings. The van der Waals surface area contributed by atoms with E-state index in [0.29, 0.717) is 11.3 Å². The fourth-order valence-electron chi connectivity index (χ4n) is 8.19. The first-order valence-corrected chi connectivity index (χ1v) is 21.3. The largest absolute Gasteiger partial charge is 0.507 e. The minimum Gasteiger partial charge on any atom is -0.507 e. The maximum absolute atomic E-state index is 14.0. The molecule has 7 atom stereocenters. The van der Waals surface area contributed by atoms with Gasteiger partial charge in [0.25, 0.3) is 0 Å². The van der Waals surface area contributed by atoms with Crippen molar-refractivity contribution >= 4 is 47.1 Å². The third kappa shape index (κ3) is 10.8. The molecule has 8 N–H and O–H groups in total. The minimum absolute atomic E-state index is 0.0313. The van der Waals surface area contributed by atoms with Gasteiger partial charge in [0.15, 0.2) is 17.9 Å². The van der Waals surface area contributed by atoms with E-state index < -0.39 is 126 Å². The summed E-state index contributed by atoms with van der Waals surface area (Å²) >= 11 is 0. The van der Waals surface area contributed by atoms with Crippen LogP contribution in [0.25, 0.3) is 0 Å². The number of phenolic OH excluding ortho intramolecular Hbond substituents is 2. The van der Waals surface area contributed by atoms with Gasteiger partial charge in [-0.2, -0.15) is 0 Å². The lowest BCUT2D eigenvalue weighted by molar-refractivity contribution is -0.249. The van der Waals surface area contributed by atoms with Crippen LogP contribution in [0.15, 0.2) is 67.8 Å². The smallest absolute Gasteiger partial charge is 0.408 e. The average molecular weight is 946 g/mol. The van der Waals surface area contributed by atoms with E-state index in [-0.39, 0.29) is 67.1 Å². The monoisotopic (exact) mass is 945 g/mol. The predicted molar refractivity (Wildman–Crippen MR) is 235 cm³/mol. The highest BCUT2D eigenvalue weighted by Crippen LogP contribution is 2.52. The van der Waals surface area contributed by atoms with Crippen LogP contribution >= 0.6 is 0 Å². The van der Waals surface area contributed by atoms with Crippen molar-refractivity contribution in [1.82, 2.24) is 10.6 Å². The first kappa shape index (κ1) is 50.2. The van der Waals surface area contributed by atoms with Gasteiger partial charge in [0.1, 0.15) is 61.4 Å². The van der Waals surface area contributed by atoms with Gasteiger partial charge >= 0.3 is 18.2 Å². The number of hydrogen-bond acceptors (Lipinski definition) is 18. The molecule has 4 unspecified atom stereocenters. The summed E-state index contributed by atoms with van der Waals surface area (Å²) in [6.45, 7) is 6.82. The van der Waals surface area contributed by atoms with E-state index in [4.69, 9.17) is 28.4 Å². The second-order valence-electron chi connectivity index (χ2n) is 16.1. The van der Waals surface area contributed by atoms with Crippen LogP contribution in [0.2, 0.25) is 0 Å². The normalized spacial score (nSPS) is 21.9. The average Bonchev–Trinajstić information content (AvgIpc) is 3.32. The molecule has 0 spiro atoms. The summed E-state index contributed by atoms with van der Waals surface area (Å²) in [6, 6.07) is 8.19. The number of benzene rings is 3. The van der Waals surface area contributed by atoms with Crippen LogP contribution in [0, 0.1) is 0 Å². The molecule has 1 fully saturated rings. The van der Waals surface area contributed by atoms with Crippen LogP contribution in [-0.4, -0.2) is 130 Å². The van der Waals surface area contributed by atoms with E-state index >= 15 is 0 Å². The van der Waals surface area contributed by atoms with E-state index in [1.807, 2.05) is 0 Å². The summed E-state index contributed by atoms with van der Waals surface area (Å²) in [7, 11) is 1.29. The number of rotatable bonds is 18. The Morgan fingerprint density at radius 2 is 1.62 bits per heavy atom. The number of nitrogens with one attached hydrogen (secondary N) is 3. The lowest BCUT2D eigenvalue weighted by Crippen LogP contribution is -2.56. The Kier molecular flexibility index (Phi) is 16.0. The maximum Gasteiger partial charge on any atom is 0.408 e. The van der Waals surface area contributed by atoms with Crippen molar-refractivity contribution in [3.63, 3.8) is 0 Å². The minimum atomic E-state index is -2.40. The molecule has 3 aromatic carbocycles. The number of ether oxygens (including phenoxy) is 6. The van der Waals surface area contributed by atoms with Crippen LogP contribution in [-0.2, 0) is 51.1 Å². The molecule has 68 heavy (non-hydrogen) atoms. The topological polar surface area (TPSA) is 312 Å². The Labute approximate surface area is 388 Å². The SMILES string of the molecule is C=CCOC(=O)N[C@@H](CCC(=O)Nc1ccc(COC(=O)NC2CC(O[C@H]3C[C@](O)(C(=O)CO)Cc4c(O)c5c(c(O)c43)C(=O)c3c(OC)cccc3C5=O)OC(C)C2O)cc1)C(=O)OCC=C. The van der Waals surface area contributed by atoms with Gasteiger partial charge in [-0.25, -0.2) is 14.4 Å². The van der Waals surface area contributed by atoms with Gasteiger partial charge < -0.3 is 69.9 Å². The van der Waals surface area contributed by atoms with Gasteiger partial charge in [0, 0.05) is 48.1 Å². The highest BCUT2D eigenvalue weighted by Gasteiger charge is 2.50. The standard InChI is InChI=1S/C47H51N3O18/c1-5-16-64-44(59)28(49-45(60)65-17-6-2)14-15-33(53)48-25-12-10-24(11-13-25)22-66-46(61)50-29-18-34(67-23(3)39(29)54)68-31-20-47(62,32(52)21-51)19-27-36(31)43(58)38-37(41(27)56)40(55)26-8-7-9-30(63-4)35(26)42(38)57/h5-13,23,28-29,31,34,39,51,54,56,58,62H,1-2,14-22H2,3-4H3,(H,48,53)(H,49,60)(H,50,61)/t23?,28-,29?,31-,34?,39?,47-/m0/s1. The van der Waals surface area contributed by atoms with Crippen LogP contribution < -0.4 is 20.7 Å². The van der Waals surface area contributed by atoms with Crippen LogP contribution in [0.1, 0.15) is 87.2 Å². The molecule has 0 radical (unpaired) electrons. The zero-order chi connectivity index (χ0) is 49.4. The number of amides is 3. The first-order valence-electron chi connectivity index (χ1n) is 21.3. The lowest BCUT2D eigenvalue weighted by Gasteiger charge is -2.42. The van der Waals surface area contributed by atoms with Gasteiger partial charge in [-0.3, -0.25) is 19.2 Å². The van der Waals surface area contributed by atoms with Gasteiger partial charge in [-0.15, -0.1) is 0 Å². The van der Waals surface area contributed by atoms with Crippen LogP contribution in [0.3, 0.4) is 0 Å². The molecule has 362 valence electrons. The van der Waals surface area contributed by atoms with E-state index in [1.165, 1.54) is 56.5 Å². The second-order valence-corrected chi connectivity index (χ2v) is 16.1. The highest BCUT2D eigenvalue weighted by atomic mass is 16.7. The third-order valence-electron chi connectivity index (χ3n) is 11.6. The molecule has 2 aliphatic carbocycles. The molecule has 1 heterocycles. The number of ketones is 3. The Balaban J connectivity index is 1.10. The third-order valence-corrected chi connectivity index (χ3v) is 11.6. The first-order chi connectivity index (χ1) is 32.4. The predicted octanol–water partition coefficient (Wildman–Crippen LogP) is 2.70. The number of aliphatic hydroxyl groups excluding tert-OH is 2. The molecule has 21 nitrogen and oxygen atoms in total. The lowest BCUT2D eigenvalue weighted by atomic mass is 9.72. The molecule has 0 aromatic heterocycles. The number of fused-ring (bicyclic) bond motifs is 3. The summed E-state index contributed by atoms with van der Waals surface area (Å²) < 4.78 is 32.7. The van der Waals surface area contributed by atoms with Gasteiger partial charge in [0.05, 0.1) is 42.0 Å². The molecule has 0 saturated carbocycles. The number of aromatic hydroxyl groups is 2. The van der Waals surface area contributed by atoms with Gasteiger partial charge in [0.2, 0.25) is 11.7 Å². The van der Waals surface area contributed by atoms with Crippen molar-refractivity contribution in [3.05, 3.63) is 107 Å². The number of phenols is 2. The molecule has 3 amide bonds. The van der Waals surface area contributed by atoms with Crippen LogP contribution in [0.5, 0.6) is 17.2 Å². The summed E-state index contributed by atoms with van der Waals surface area (Å²) in [5.41, 5.74) is -3.47. The summed E-state index contributed by atoms with van der Waals surface area (Å²) in [5.74, 6) is -5.57. The number of carbonyl (C=O) groups excluding carboxylic acids is 7. The number of methoxy groups -OCH3 is 1. The molecule has 3 aromatic rings. The zero-order valence-electron chi connectivity index (χ0n) is 37.0. The fraction of sp³-hybridized carbons (Fsp3) is 0.383. The van der Waals surface area contributed by atoms with Crippen molar-refractivity contribution < 1.29 is 87.5 Å². The van der Waals surface area contributed by atoms with Crippen molar-refractivity contribution in [2.45, 2.75) is 87.9 Å². The van der Waals surface area contributed by atoms with Crippen molar-refractivity contribution in [1.29, 1.82) is 0 Å². The van der Waals surface area contributed by atoms with Crippen LogP contribution in [0.4, 0.5) is 15.3 Å². The van der Waals surface area contributed by atoms with E-state index in [9.17, 15) is 59.1 Å². The summed E-state index contributed by atoms with van der Waals surface area (Å²) in [4.78, 5) is 91.1. The van der Waals surface area contributed by atoms with Crippen molar-refractivity contribution in [2.75, 3.05) is 32.2 Å². The molecular weight excluding hydrogens is 895 g/mol. The number of alkyl carbamates (subject to hydrolysis) is 2. The second kappa shape index (κ2) is 21.6. The fourth-order valence-corrected chi connectivity index (χ4v) is 8.19. The molecular formula is C47H51N3O18. The molecule has 0 bridgehead atoms. The maximum atomic E-state index is 14.0. The number of hydrogen-bond donors (Lipinski definition) is 8. The summed E-state index contributed by atoms with van der Waals surface area (Å²) in [6.07, 6.45) is -6.23. The molecule has 6 rings (SSSR count). The zero-order valence-corrected chi connectivity index (χ0v) is 37.0. The number of Topliss-reactive ketones (excluding diaryl/α,β-unsaturated/α-hetero) is 1. The van der Waals surface area contributed by atoms with Gasteiger partial charge in [-0.05, 0) is 37.1 Å². The number of aliphatic hydroxyl groups is 3. The van der Waals surface area contributed by atoms with Gasteiger partial charge in [-0.1, -0.05) is 49.6 Å². The Bertz CT molecular complexity index is 2490. The number of anilines is 1. The van der Waals surface area contributed by atoms with Crippen molar-refractivity contribution in [3.8, 4) is 17.2 Å². The molecule has 1 aliphatic heterocycles. The van der Waals surface area contributed by atoms with E-state index in [0.717, 1.165) is 0 Å². The quantitative estimate of drug-likeness (QED) is 0.0308. The Morgan fingerprint density at radius 3 is 2.29 bits per heavy atom. The molecule has 1 saturated heterocycles. The molecule has 21 heteroatoms. The summed E-state index contributed by atoms with van der Waals surface area (Å²) in [5, 5.41) is 63.4. The van der Waals surface area contributed by atoms with Crippen molar-refractivity contribution in [2.24, 2.45) is 0 Å². The number of esters is 1. The van der Waals surface area contributed by atoms with E-state index in [1.54, 1.807) is 12.1 Å². The Hall–Kier alpha value is -7.17.